The van der Waals surface area contributed by atoms with Crippen LogP contribution in [-0.2, 0) is 9.59 Å². The highest BCUT2D eigenvalue weighted by molar-refractivity contribution is 6.11. The van der Waals surface area contributed by atoms with Gasteiger partial charge in [0.2, 0.25) is 11.8 Å². The Bertz CT molecular complexity index is 875. The Kier molecular flexibility index (Phi) is 5.31. The monoisotopic (exact) mass is 432 g/mol. The molecule has 1 N–H and O–H groups in total. The number of anilines is 1. The van der Waals surface area contributed by atoms with Crippen molar-refractivity contribution in [3.63, 3.8) is 0 Å². The molecule has 0 aliphatic carbocycles. The lowest BCUT2D eigenvalue weighted by molar-refractivity contribution is -0.135. The molecule has 0 bridgehead atoms. The Morgan fingerprint density at radius 2 is 1.83 bits per heavy atom. The number of benzene rings is 1. The first-order chi connectivity index (χ1) is 13.9. The van der Waals surface area contributed by atoms with Crippen LogP contribution in [0, 0.1) is 5.41 Å². The van der Waals surface area contributed by atoms with Crippen LogP contribution in [0.25, 0.3) is 0 Å². The van der Waals surface area contributed by atoms with Gasteiger partial charge in [0.05, 0.1) is 11.3 Å². The van der Waals surface area contributed by atoms with Gasteiger partial charge in [-0.1, -0.05) is 12.1 Å². The number of carbonyl (C=O) groups excluding carboxylic acids is 3. The Balaban J connectivity index is 0.00000218. The molecule has 1 spiro atoms. The third-order valence-electron chi connectivity index (χ3n) is 7.55. The van der Waals surface area contributed by atoms with Crippen molar-refractivity contribution in [3.8, 4) is 0 Å². The molecule has 30 heavy (non-hydrogen) atoms. The van der Waals surface area contributed by atoms with Crippen LogP contribution in [0.1, 0.15) is 49.4 Å². The zero-order valence-electron chi connectivity index (χ0n) is 17.4. The average molecular weight is 433 g/mol. The fourth-order valence-corrected chi connectivity index (χ4v) is 5.63. The van der Waals surface area contributed by atoms with E-state index in [1.807, 2.05) is 24.0 Å². The van der Waals surface area contributed by atoms with Crippen LogP contribution in [0.5, 0.6) is 0 Å². The first-order valence-electron chi connectivity index (χ1n) is 10.7. The lowest BCUT2D eigenvalue weighted by Gasteiger charge is -2.49. The number of nitrogens with zero attached hydrogens (tertiary/aromatic N) is 3. The van der Waals surface area contributed by atoms with E-state index in [4.69, 9.17) is 0 Å². The summed E-state index contributed by atoms with van der Waals surface area (Å²) < 4.78 is 0. The smallest absolute Gasteiger partial charge is 0.258 e. The van der Waals surface area contributed by atoms with Gasteiger partial charge in [-0.25, -0.2) is 0 Å². The normalized spacial score (nSPS) is 27.2. The number of hydrogen-bond acceptors (Lipinski definition) is 4. The lowest BCUT2D eigenvalue weighted by atomic mass is 9.78. The van der Waals surface area contributed by atoms with Gasteiger partial charge >= 0.3 is 0 Å². The number of para-hydroxylation sites is 1. The summed E-state index contributed by atoms with van der Waals surface area (Å²) in [6.45, 7) is 5.55. The summed E-state index contributed by atoms with van der Waals surface area (Å²) in [5.74, 6) is -0.159. The lowest BCUT2D eigenvalue weighted by Crippen LogP contribution is -2.64. The molecule has 0 radical (unpaired) electrons. The molecule has 1 aromatic carbocycles. The molecule has 0 saturated carbocycles. The third kappa shape index (κ3) is 3.10. The maximum Gasteiger partial charge on any atom is 0.258 e. The molecule has 1 unspecified atom stereocenters. The van der Waals surface area contributed by atoms with Crippen LogP contribution >= 0.6 is 12.4 Å². The van der Waals surface area contributed by atoms with Gasteiger partial charge in [-0.05, 0) is 56.7 Å². The van der Waals surface area contributed by atoms with Crippen molar-refractivity contribution in [2.24, 2.45) is 5.41 Å². The fourth-order valence-electron chi connectivity index (χ4n) is 5.63. The minimum Gasteiger partial charge on any atom is -0.341 e. The van der Waals surface area contributed by atoms with Crippen LogP contribution in [0.4, 0.5) is 5.69 Å². The van der Waals surface area contributed by atoms with Gasteiger partial charge in [0.15, 0.2) is 0 Å². The van der Waals surface area contributed by atoms with Crippen LogP contribution in [0.15, 0.2) is 24.3 Å². The Hall–Kier alpha value is -2.12. The fraction of sp³-hybridized carbons (Fsp3) is 0.591. The summed E-state index contributed by atoms with van der Waals surface area (Å²) in [5, 5.41) is 3.45. The number of rotatable bonds is 2. The summed E-state index contributed by atoms with van der Waals surface area (Å²) >= 11 is 0. The van der Waals surface area contributed by atoms with Crippen LogP contribution < -0.4 is 10.2 Å². The molecular weight excluding hydrogens is 404 g/mol. The van der Waals surface area contributed by atoms with E-state index in [1.165, 1.54) is 6.42 Å². The molecule has 162 valence electrons. The van der Waals surface area contributed by atoms with Crippen LogP contribution in [0.3, 0.4) is 0 Å². The first-order valence-corrected chi connectivity index (χ1v) is 10.7. The molecular formula is C22H29ClN4O3. The third-order valence-corrected chi connectivity index (χ3v) is 7.55. The minimum atomic E-state index is -0.773. The predicted octanol–water partition coefficient (Wildman–Crippen LogP) is 2.01. The zero-order chi connectivity index (χ0) is 20.2. The summed E-state index contributed by atoms with van der Waals surface area (Å²) in [6.07, 6.45) is 4.16. The second-order valence-electron chi connectivity index (χ2n) is 9.16. The number of hydrogen-bond donors (Lipinski definition) is 1. The Morgan fingerprint density at radius 1 is 1.10 bits per heavy atom. The van der Waals surface area contributed by atoms with E-state index < -0.39 is 5.66 Å². The van der Waals surface area contributed by atoms with Crippen molar-refractivity contribution in [3.05, 3.63) is 29.8 Å². The predicted molar refractivity (Wildman–Crippen MR) is 116 cm³/mol. The summed E-state index contributed by atoms with van der Waals surface area (Å²) in [7, 11) is 0. The molecule has 4 heterocycles. The molecule has 8 heteroatoms. The molecule has 4 aliphatic heterocycles. The first kappa shape index (κ1) is 21.1. The van der Waals surface area contributed by atoms with Gasteiger partial charge < -0.3 is 15.1 Å². The van der Waals surface area contributed by atoms with Crippen molar-refractivity contribution in [1.29, 1.82) is 0 Å². The molecule has 1 aromatic rings. The number of piperidine rings is 1. The molecule has 3 fully saturated rings. The van der Waals surface area contributed by atoms with Gasteiger partial charge in [0.1, 0.15) is 12.2 Å². The van der Waals surface area contributed by atoms with Gasteiger partial charge in [0.25, 0.3) is 5.91 Å². The molecule has 3 saturated heterocycles. The topological polar surface area (TPSA) is 73.0 Å². The average Bonchev–Trinajstić information content (AvgIpc) is 3.30. The number of carbonyl (C=O) groups is 3. The van der Waals surface area contributed by atoms with Crippen LogP contribution in [0.2, 0.25) is 0 Å². The van der Waals surface area contributed by atoms with Gasteiger partial charge in [-0.15, -0.1) is 12.4 Å². The van der Waals surface area contributed by atoms with Crippen molar-refractivity contribution < 1.29 is 14.4 Å². The van der Waals surface area contributed by atoms with Crippen molar-refractivity contribution in [2.45, 2.75) is 44.7 Å². The van der Waals surface area contributed by atoms with E-state index >= 15 is 0 Å². The SMILES string of the molecule is CC12CCC(=O)N1c1ccccc1C(=O)N2CC(=O)N1CCC2(CCNC2)CC1.Cl. The molecule has 5 rings (SSSR count). The van der Waals surface area contributed by atoms with Crippen molar-refractivity contribution in [1.82, 2.24) is 15.1 Å². The van der Waals surface area contributed by atoms with Gasteiger partial charge in [-0.3, -0.25) is 19.3 Å². The minimum absolute atomic E-state index is 0. The number of fused-ring (bicyclic) bond motifs is 3. The Morgan fingerprint density at radius 3 is 2.53 bits per heavy atom. The Labute approximate surface area is 183 Å². The summed E-state index contributed by atoms with van der Waals surface area (Å²) in [6, 6.07) is 7.23. The van der Waals surface area contributed by atoms with E-state index in [9.17, 15) is 14.4 Å². The molecule has 3 amide bonds. The van der Waals surface area contributed by atoms with E-state index in [2.05, 4.69) is 5.32 Å². The van der Waals surface area contributed by atoms with Crippen molar-refractivity contribution in [2.75, 3.05) is 37.6 Å². The number of amides is 3. The van der Waals surface area contributed by atoms with E-state index in [0.717, 1.165) is 39.0 Å². The highest BCUT2D eigenvalue weighted by Crippen LogP contribution is 2.44. The zero-order valence-corrected chi connectivity index (χ0v) is 18.2. The van der Waals surface area contributed by atoms with Crippen LogP contribution in [-0.4, -0.2) is 65.9 Å². The maximum absolute atomic E-state index is 13.3. The standard InChI is InChI=1S/C22H28N4O3.ClH/c1-21-7-6-18(27)26(21)17-5-3-2-4-16(17)20(29)25(21)14-19(28)24-12-9-22(10-13-24)8-11-23-15-22;/h2-5,23H,6-15H2,1H3;1H. The quantitative estimate of drug-likeness (QED) is 0.775. The van der Waals surface area contributed by atoms with E-state index in [0.29, 0.717) is 29.5 Å². The van der Waals surface area contributed by atoms with Crippen molar-refractivity contribution >= 4 is 35.8 Å². The molecule has 4 aliphatic rings. The highest BCUT2D eigenvalue weighted by Gasteiger charge is 2.53. The number of likely N-dealkylation sites (tertiary alicyclic amines) is 1. The molecule has 1 atom stereocenters. The van der Waals surface area contributed by atoms with Gasteiger partial charge in [-0.2, -0.15) is 0 Å². The largest absolute Gasteiger partial charge is 0.341 e. The molecule has 7 nitrogen and oxygen atoms in total. The second kappa shape index (κ2) is 7.54. The summed E-state index contributed by atoms with van der Waals surface area (Å²) in [4.78, 5) is 44.4. The molecule has 0 aromatic heterocycles. The maximum atomic E-state index is 13.3. The summed E-state index contributed by atoms with van der Waals surface area (Å²) in [5.41, 5.74) is 0.740. The highest BCUT2D eigenvalue weighted by atomic mass is 35.5. The second-order valence-corrected chi connectivity index (χ2v) is 9.16. The van der Waals surface area contributed by atoms with Gasteiger partial charge in [0, 0.05) is 26.1 Å². The van der Waals surface area contributed by atoms with E-state index in [-0.39, 0.29) is 36.7 Å². The van der Waals surface area contributed by atoms with E-state index in [1.54, 1.807) is 21.9 Å². The number of halogens is 1. The number of nitrogens with one attached hydrogen (secondary N) is 1.